The van der Waals surface area contributed by atoms with Crippen molar-refractivity contribution in [3.05, 3.63) is 78.4 Å². The second-order valence-corrected chi connectivity index (χ2v) is 5.29. The lowest BCUT2D eigenvalue weighted by Crippen LogP contribution is -1.93. The summed E-state index contributed by atoms with van der Waals surface area (Å²) in [6.07, 6.45) is 0. The van der Waals surface area contributed by atoms with E-state index in [1.807, 2.05) is 24.3 Å². The molecule has 1 heterocycles. The van der Waals surface area contributed by atoms with Gasteiger partial charge in [-0.2, -0.15) is 0 Å². The largest absolute Gasteiger partial charge is 0.354 e. The molecule has 0 bridgehead atoms. The molecule has 0 radical (unpaired) electrons. The van der Waals surface area contributed by atoms with Crippen LogP contribution < -0.4 is 10.2 Å². The Labute approximate surface area is 129 Å². The molecule has 3 aromatic carbocycles. The standard InChI is InChI=1S/C19H16N2.FH/c1-14-12-13-17-19(21(17)16-10-6-3-7-11-16)18(14)20-15-8-4-2-5-9-15;/h2-13,20H,1H3;1H. The Morgan fingerprint density at radius 3 is 2.09 bits per heavy atom. The van der Waals surface area contributed by atoms with Gasteiger partial charge in [0.1, 0.15) is 0 Å². The first-order chi connectivity index (χ1) is 10.3. The molecule has 0 unspecified atom stereocenters. The van der Waals surface area contributed by atoms with Crippen molar-refractivity contribution in [2.45, 2.75) is 6.92 Å². The first-order valence-corrected chi connectivity index (χ1v) is 7.15. The van der Waals surface area contributed by atoms with Crippen molar-refractivity contribution in [1.29, 1.82) is 0 Å². The fraction of sp³-hybridized carbons (Fsp3) is 0.0526. The molecule has 1 aliphatic rings. The van der Waals surface area contributed by atoms with E-state index in [-0.39, 0.29) is 4.70 Å². The molecule has 0 saturated carbocycles. The smallest absolute Gasteiger partial charge is 0.0944 e. The van der Waals surface area contributed by atoms with Crippen molar-refractivity contribution in [2.24, 2.45) is 0 Å². The highest BCUT2D eigenvalue weighted by molar-refractivity contribution is 6.09. The Morgan fingerprint density at radius 2 is 1.41 bits per heavy atom. The first kappa shape index (κ1) is 14.1. The van der Waals surface area contributed by atoms with Crippen LogP contribution in [0.25, 0.3) is 0 Å². The molecular weight excluding hydrogens is 275 g/mol. The summed E-state index contributed by atoms with van der Waals surface area (Å²) in [5, 5.41) is 3.55. The highest BCUT2D eigenvalue weighted by Gasteiger charge is 2.34. The molecule has 22 heavy (non-hydrogen) atoms. The molecule has 0 spiro atoms. The number of nitrogens with one attached hydrogen (secondary N) is 1. The van der Waals surface area contributed by atoms with Crippen molar-refractivity contribution < 1.29 is 4.70 Å². The molecule has 1 aliphatic heterocycles. The average molecular weight is 292 g/mol. The fourth-order valence-corrected chi connectivity index (χ4v) is 2.71. The second kappa shape index (κ2) is 5.53. The van der Waals surface area contributed by atoms with E-state index in [0.29, 0.717) is 0 Å². The zero-order chi connectivity index (χ0) is 14.2. The van der Waals surface area contributed by atoms with Crippen molar-refractivity contribution in [3.8, 4) is 0 Å². The normalized spacial score (nSPS) is 11.4. The van der Waals surface area contributed by atoms with E-state index in [2.05, 4.69) is 65.7 Å². The molecule has 1 N–H and O–H groups in total. The number of hydrogen-bond acceptors (Lipinski definition) is 2. The van der Waals surface area contributed by atoms with E-state index in [9.17, 15) is 0 Å². The van der Waals surface area contributed by atoms with Gasteiger partial charge in [-0.3, -0.25) is 4.70 Å². The van der Waals surface area contributed by atoms with Crippen molar-refractivity contribution in [1.82, 2.24) is 0 Å². The Hall–Kier alpha value is -2.81. The van der Waals surface area contributed by atoms with E-state index in [1.165, 1.54) is 28.3 Å². The van der Waals surface area contributed by atoms with Crippen LogP contribution in [0, 0.1) is 6.92 Å². The van der Waals surface area contributed by atoms with Crippen molar-refractivity contribution >= 4 is 28.4 Å². The number of para-hydroxylation sites is 2. The molecule has 110 valence electrons. The lowest BCUT2D eigenvalue weighted by Gasteiger charge is -2.09. The number of anilines is 5. The molecule has 0 atom stereocenters. The summed E-state index contributed by atoms with van der Waals surface area (Å²) in [4.78, 5) is 2.29. The third kappa shape index (κ3) is 2.31. The Morgan fingerprint density at radius 1 is 0.773 bits per heavy atom. The lowest BCUT2D eigenvalue weighted by molar-refractivity contribution is 1.11. The van der Waals surface area contributed by atoms with Crippen LogP contribution in [-0.2, 0) is 0 Å². The molecular formula is C19H17FN2. The van der Waals surface area contributed by atoms with Gasteiger partial charge < -0.3 is 10.2 Å². The number of benzene rings is 3. The van der Waals surface area contributed by atoms with Gasteiger partial charge >= 0.3 is 0 Å². The van der Waals surface area contributed by atoms with Crippen LogP contribution in [0.5, 0.6) is 0 Å². The average Bonchev–Trinajstić information content (AvgIpc) is 3.27. The summed E-state index contributed by atoms with van der Waals surface area (Å²) < 4.78 is 0. The van der Waals surface area contributed by atoms with Gasteiger partial charge in [0, 0.05) is 11.4 Å². The second-order valence-electron chi connectivity index (χ2n) is 5.29. The molecule has 0 aliphatic carbocycles. The maximum absolute atomic E-state index is 3.55. The molecule has 0 amide bonds. The summed E-state index contributed by atoms with van der Waals surface area (Å²) in [6, 6.07) is 25.2. The third-order valence-electron chi connectivity index (χ3n) is 3.84. The number of halogens is 1. The van der Waals surface area contributed by atoms with Crippen LogP contribution in [0.1, 0.15) is 5.56 Å². The number of hydrogen-bond donors (Lipinski definition) is 1. The topological polar surface area (TPSA) is 15.0 Å². The van der Waals surface area contributed by atoms with Crippen LogP contribution in [0.15, 0.2) is 72.8 Å². The van der Waals surface area contributed by atoms with Gasteiger partial charge in [0.2, 0.25) is 0 Å². The summed E-state index contributed by atoms with van der Waals surface area (Å²) >= 11 is 0. The molecule has 0 fully saturated rings. The summed E-state index contributed by atoms with van der Waals surface area (Å²) in [6.45, 7) is 2.15. The molecule has 4 rings (SSSR count). The number of nitrogens with zero attached hydrogens (tertiary/aromatic N) is 1. The quantitative estimate of drug-likeness (QED) is 0.489. The summed E-state index contributed by atoms with van der Waals surface area (Å²) in [5.41, 5.74) is 7.36. The van der Waals surface area contributed by atoms with Gasteiger partial charge in [-0.05, 0) is 42.8 Å². The Balaban J connectivity index is 0.00000144. The third-order valence-corrected chi connectivity index (χ3v) is 3.84. The van der Waals surface area contributed by atoms with E-state index in [0.717, 1.165) is 5.69 Å². The molecule has 3 aromatic rings. The van der Waals surface area contributed by atoms with Crippen LogP contribution in [0.2, 0.25) is 0 Å². The van der Waals surface area contributed by atoms with E-state index in [1.54, 1.807) is 0 Å². The monoisotopic (exact) mass is 292 g/mol. The number of fused-ring (bicyclic) bond motifs is 1. The lowest BCUT2D eigenvalue weighted by atomic mass is 10.2. The predicted molar refractivity (Wildman–Crippen MR) is 91.6 cm³/mol. The highest BCUT2D eigenvalue weighted by Crippen LogP contribution is 2.59. The minimum Gasteiger partial charge on any atom is -0.354 e. The zero-order valence-electron chi connectivity index (χ0n) is 12.3. The molecule has 0 aromatic heterocycles. The van der Waals surface area contributed by atoms with Gasteiger partial charge in [-0.25, -0.2) is 0 Å². The van der Waals surface area contributed by atoms with Gasteiger partial charge in [0.25, 0.3) is 0 Å². The van der Waals surface area contributed by atoms with Gasteiger partial charge in [-0.1, -0.05) is 42.5 Å². The van der Waals surface area contributed by atoms with Crippen LogP contribution >= 0.6 is 0 Å². The molecule has 0 saturated heterocycles. The minimum absolute atomic E-state index is 0. The maximum atomic E-state index is 3.55. The predicted octanol–water partition coefficient (Wildman–Crippen LogP) is 5.67. The van der Waals surface area contributed by atoms with Crippen LogP contribution in [0.4, 0.5) is 33.1 Å². The first-order valence-electron chi connectivity index (χ1n) is 7.15. The minimum atomic E-state index is 0. The SMILES string of the molecule is Cc1ccc2c(c1Nc1ccccc1)N2c1ccccc1.F. The van der Waals surface area contributed by atoms with E-state index in [4.69, 9.17) is 0 Å². The van der Waals surface area contributed by atoms with Gasteiger partial charge in [0.15, 0.2) is 0 Å². The van der Waals surface area contributed by atoms with Gasteiger partial charge in [-0.15, -0.1) is 0 Å². The number of rotatable bonds is 3. The zero-order valence-corrected chi connectivity index (χ0v) is 12.3. The molecule has 2 nitrogen and oxygen atoms in total. The van der Waals surface area contributed by atoms with E-state index < -0.39 is 0 Å². The van der Waals surface area contributed by atoms with Gasteiger partial charge in [0.05, 0.1) is 17.1 Å². The summed E-state index contributed by atoms with van der Waals surface area (Å²) in [5.74, 6) is 0. The van der Waals surface area contributed by atoms with Crippen molar-refractivity contribution in [3.63, 3.8) is 0 Å². The maximum Gasteiger partial charge on any atom is 0.0944 e. The highest BCUT2D eigenvalue weighted by atomic mass is 19.0. The van der Waals surface area contributed by atoms with Crippen molar-refractivity contribution in [2.75, 3.05) is 10.2 Å². The number of aryl methyl sites for hydroxylation is 1. The van der Waals surface area contributed by atoms with E-state index >= 15 is 0 Å². The molecule has 3 heteroatoms. The Bertz CT molecular complexity index is 785. The van der Waals surface area contributed by atoms with Crippen LogP contribution in [0.3, 0.4) is 0 Å². The Kier molecular flexibility index (Phi) is 3.55. The van der Waals surface area contributed by atoms with Crippen LogP contribution in [-0.4, -0.2) is 0 Å². The fourth-order valence-electron chi connectivity index (χ4n) is 2.71. The summed E-state index contributed by atoms with van der Waals surface area (Å²) in [7, 11) is 0.